The first-order valence-electron chi connectivity index (χ1n) is 8.24. The summed E-state index contributed by atoms with van der Waals surface area (Å²) in [4.78, 5) is 17.6. The number of rotatable bonds is 7. The highest BCUT2D eigenvalue weighted by molar-refractivity contribution is 7.99. The van der Waals surface area contributed by atoms with Crippen LogP contribution in [0.4, 0.5) is 5.69 Å². The Morgan fingerprint density at radius 1 is 1.03 bits per heavy atom. The number of oxime groups is 1. The summed E-state index contributed by atoms with van der Waals surface area (Å²) in [6, 6.07) is 17.1. The first kappa shape index (κ1) is 21.5. The fraction of sp³-hybridized carbons (Fsp3) is 0.0500. The van der Waals surface area contributed by atoms with Crippen molar-refractivity contribution < 1.29 is 9.76 Å². The van der Waals surface area contributed by atoms with Crippen molar-refractivity contribution in [1.29, 1.82) is 0 Å². The third-order valence-corrected chi connectivity index (χ3v) is 5.80. The molecule has 0 N–H and O–H groups in total. The molecule has 29 heavy (non-hydrogen) atoms. The van der Waals surface area contributed by atoms with Crippen LogP contribution in [0.3, 0.4) is 0 Å². The Morgan fingerprint density at radius 3 is 2.38 bits per heavy atom. The van der Waals surface area contributed by atoms with E-state index in [0.29, 0.717) is 31.1 Å². The first-order valence-corrected chi connectivity index (χ1v) is 10.2. The molecule has 0 amide bonds. The van der Waals surface area contributed by atoms with E-state index in [1.807, 2.05) is 0 Å². The number of nitrogens with zero attached hydrogens (tertiary/aromatic N) is 2. The molecule has 0 saturated carbocycles. The molecule has 0 saturated heterocycles. The lowest BCUT2D eigenvalue weighted by Gasteiger charge is -2.05. The summed E-state index contributed by atoms with van der Waals surface area (Å²) in [5, 5.41) is 16.9. The van der Waals surface area contributed by atoms with Gasteiger partial charge in [0.15, 0.2) is 0 Å². The molecule has 0 aromatic heterocycles. The number of hydrogen-bond acceptors (Lipinski definition) is 5. The van der Waals surface area contributed by atoms with Gasteiger partial charge >= 0.3 is 0 Å². The van der Waals surface area contributed by atoms with E-state index >= 15 is 0 Å². The molecule has 0 fully saturated rings. The lowest BCUT2D eigenvalue weighted by Crippen LogP contribution is -1.94. The third kappa shape index (κ3) is 5.87. The molecule has 0 bridgehead atoms. The van der Waals surface area contributed by atoms with Crippen molar-refractivity contribution in [2.24, 2.45) is 5.16 Å². The van der Waals surface area contributed by atoms with Crippen molar-refractivity contribution in [3.05, 3.63) is 97.0 Å². The Labute approximate surface area is 186 Å². The molecule has 0 atom stereocenters. The van der Waals surface area contributed by atoms with Crippen molar-refractivity contribution in [1.82, 2.24) is 0 Å². The van der Waals surface area contributed by atoms with E-state index in [1.165, 1.54) is 24.0 Å². The Bertz CT molecular complexity index is 1040. The van der Waals surface area contributed by atoms with Gasteiger partial charge in [-0.15, -0.1) is 0 Å². The number of nitro benzene ring substituents is 1. The highest BCUT2D eigenvalue weighted by Gasteiger charge is 2.15. The molecule has 0 aliphatic carbocycles. The number of benzene rings is 3. The van der Waals surface area contributed by atoms with Crippen molar-refractivity contribution in [2.75, 3.05) is 0 Å². The average Bonchev–Trinajstić information content (AvgIpc) is 2.69. The van der Waals surface area contributed by atoms with Crippen molar-refractivity contribution in [3.8, 4) is 0 Å². The summed E-state index contributed by atoms with van der Waals surface area (Å²) in [5.41, 5.74) is 1.12. The van der Waals surface area contributed by atoms with Gasteiger partial charge in [-0.2, -0.15) is 0 Å². The minimum absolute atomic E-state index is 0.0250. The second kappa shape index (κ2) is 9.98. The van der Waals surface area contributed by atoms with Crippen LogP contribution in [0.2, 0.25) is 15.1 Å². The Balaban J connectivity index is 1.71. The van der Waals surface area contributed by atoms with Crippen molar-refractivity contribution >= 4 is 58.5 Å². The third-order valence-electron chi connectivity index (χ3n) is 3.77. The number of nitro groups is 1. The second-order valence-electron chi connectivity index (χ2n) is 5.75. The molecule has 9 heteroatoms. The van der Waals surface area contributed by atoms with Crippen LogP contribution >= 0.6 is 46.6 Å². The van der Waals surface area contributed by atoms with Gasteiger partial charge in [0.2, 0.25) is 0 Å². The summed E-state index contributed by atoms with van der Waals surface area (Å²) in [6.07, 6.45) is 1.40. The van der Waals surface area contributed by atoms with Crippen LogP contribution in [0.1, 0.15) is 11.1 Å². The Hall–Kier alpha value is -2.25. The van der Waals surface area contributed by atoms with Crippen LogP contribution < -0.4 is 0 Å². The van der Waals surface area contributed by atoms with E-state index in [-0.39, 0.29) is 12.3 Å². The SMILES string of the molecule is O=[N+]([O-])c1cc(/C=N\OCc2c(Cl)cccc2Cl)ccc1Sc1ccc(Cl)cc1. The molecule has 148 valence electrons. The summed E-state index contributed by atoms with van der Waals surface area (Å²) < 4.78 is 0. The van der Waals surface area contributed by atoms with E-state index < -0.39 is 4.92 Å². The van der Waals surface area contributed by atoms with E-state index in [2.05, 4.69) is 5.16 Å². The zero-order chi connectivity index (χ0) is 20.8. The van der Waals surface area contributed by atoms with Crippen LogP contribution in [-0.4, -0.2) is 11.1 Å². The number of hydrogen-bond donors (Lipinski definition) is 0. The first-order chi connectivity index (χ1) is 13.9. The molecular weight excluding hydrogens is 455 g/mol. The smallest absolute Gasteiger partial charge is 0.283 e. The van der Waals surface area contributed by atoms with Crippen LogP contribution in [-0.2, 0) is 11.4 Å². The molecular formula is C20H13Cl3N2O3S. The van der Waals surface area contributed by atoms with Crippen LogP contribution in [0.5, 0.6) is 0 Å². The summed E-state index contributed by atoms with van der Waals surface area (Å²) in [5.74, 6) is 0. The van der Waals surface area contributed by atoms with Gasteiger partial charge in [-0.3, -0.25) is 10.1 Å². The standard InChI is InChI=1S/C20H13Cl3N2O3S/c21-14-5-7-15(8-6-14)29-20-9-4-13(10-19(20)25(26)27)11-24-28-12-16-17(22)2-1-3-18(16)23/h1-11H,12H2/b24-11-. The van der Waals surface area contributed by atoms with Crippen LogP contribution in [0.25, 0.3) is 0 Å². The average molecular weight is 468 g/mol. The maximum absolute atomic E-state index is 11.5. The maximum atomic E-state index is 11.5. The molecule has 0 heterocycles. The molecule has 0 aliphatic heterocycles. The minimum Gasteiger partial charge on any atom is -0.391 e. The molecule has 0 aliphatic rings. The monoisotopic (exact) mass is 466 g/mol. The predicted molar refractivity (Wildman–Crippen MR) is 118 cm³/mol. The topological polar surface area (TPSA) is 64.7 Å². The minimum atomic E-state index is -0.431. The summed E-state index contributed by atoms with van der Waals surface area (Å²) in [7, 11) is 0. The zero-order valence-electron chi connectivity index (χ0n) is 14.7. The van der Waals surface area contributed by atoms with Crippen molar-refractivity contribution in [3.63, 3.8) is 0 Å². The molecule has 3 aromatic rings. The predicted octanol–water partition coefficient (Wildman–Crippen LogP) is 7.26. The summed E-state index contributed by atoms with van der Waals surface area (Å²) in [6.45, 7) is 0.0849. The van der Waals surface area contributed by atoms with Gasteiger partial charge in [-0.25, -0.2) is 0 Å². The fourth-order valence-electron chi connectivity index (χ4n) is 2.34. The second-order valence-corrected chi connectivity index (χ2v) is 8.11. The van der Waals surface area contributed by atoms with E-state index in [4.69, 9.17) is 39.6 Å². The van der Waals surface area contributed by atoms with Crippen LogP contribution in [0.15, 0.2) is 75.6 Å². The molecule has 0 spiro atoms. The largest absolute Gasteiger partial charge is 0.391 e. The van der Waals surface area contributed by atoms with Crippen LogP contribution in [0, 0.1) is 10.1 Å². The normalized spacial score (nSPS) is 11.0. The van der Waals surface area contributed by atoms with Gasteiger partial charge in [0.1, 0.15) is 6.61 Å². The summed E-state index contributed by atoms with van der Waals surface area (Å²) >= 11 is 19.3. The molecule has 5 nitrogen and oxygen atoms in total. The van der Waals surface area contributed by atoms with Gasteiger partial charge in [-0.1, -0.05) is 63.9 Å². The van der Waals surface area contributed by atoms with Gasteiger partial charge in [0.05, 0.1) is 16.0 Å². The zero-order valence-corrected chi connectivity index (χ0v) is 17.8. The molecule has 0 radical (unpaired) electrons. The van der Waals surface area contributed by atoms with E-state index in [9.17, 15) is 10.1 Å². The maximum Gasteiger partial charge on any atom is 0.283 e. The lowest BCUT2D eigenvalue weighted by molar-refractivity contribution is -0.387. The Morgan fingerprint density at radius 2 is 1.72 bits per heavy atom. The van der Waals surface area contributed by atoms with Gasteiger partial charge < -0.3 is 4.84 Å². The Kier molecular flexibility index (Phi) is 7.39. The van der Waals surface area contributed by atoms with Gasteiger partial charge in [-0.05, 0) is 42.5 Å². The lowest BCUT2D eigenvalue weighted by atomic mass is 10.2. The molecule has 0 unspecified atom stereocenters. The highest BCUT2D eigenvalue weighted by atomic mass is 35.5. The number of halogens is 3. The van der Waals surface area contributed by atoms with Gasteiger partial charge in [0.25, 0.3) is 5.69 Å². The fourth-order valence-corrected chi connectivity index (χ4v) is 3.88. The molecule has 3 aromatic carbocycles. The quantitative estimate of drug-likeness (QED) is 0.208. The van der Waals surface area contributed by atoms with Gasteiger partial charge in [0, 0.05) is 37.2 Å². The van der Waals surface area contributed by atoms with Crippen molar-refractivity contribution in [2.45, 2.75) is 16.4 Å². The van der Waals surface area contributed by atoms with E-state index in [0.717, 1.165) is 4.90 Å². The van der Waals surface area contributed by atoms with E-state index in [1.54, 1.807) is 54.6 Å². The highest BCUT2D eigenvalue weighted by Crippen LogP contribution is 2.35. The molecule has 3 rings (SSSR count).